The van der Waals surface area contributed by atoms with Gasteiger partial charge >= 0.3 is 0 Å². The Kier molecular flexibility index (Phi) is 4.71. The summed E-state index contributed by atoms with van der Waals surface area (Å²) in [4.78, 5) is 0. The van der Waals surface area contributed by atoms with Gasteiger partial charge in [-0.25, -0.2) is 0 Å². The molecule has 0 N–H and O–H groups in total. The van der Waals surface area contributed by atoms with Crippen LogP contribution in [0.25, 0.3) is 0 Å². The van der Waals surface area contributed by atoms with Gasteiger partial charge in [-0.2, -0.15) is 0 Å². The minimum Gasteiger partial charge on any atom is -0.0929 e. The van der Waals surface area contributed by atoms with Gasteiger partial charge in [0.2, 0.25) is 0 Å². The normalized spacial score (nSPS) is 39.9. The first-order chi connectivity index (χ1) is 11.0. The van der Waals surface area contributed by atoms with E-state index in [9.17, 15) is 0 Å². The Morgan fingerprint density at radius 2 is 1.87 bits per heavy atom. The second kappa shape index (κ2) is 6.31. The highest BCUT2D eigenvalue weighted by molar-refractivity contribution is 7.79. The molecule has 3 rings (SSSR count). The van der Waals surface area contributed by atoms with Crippen molar-refractivity contribution in [2.75, 3.05) is 0 Å². The Balaban J connectivity index is 2.02. The van der Waals surface area contributed by atoms with Gasteiger partial charge in [-0.05, 0) is 71.6 Å². The van der Waals surface area contributed by atoms with Gasteiger partial charge in [0.05, 0.1) is 0 Å². The second-order valence-corrected chi connectivity index (χ2v) is 8.90. The Morgan fingerprint density at radius 3 is 2.48 bits per heavy atom. The highest BCUT2D eigenvalue weighted by Gasteiger charge is 2.55. The first-order valence-electron chi connectivity index (χ1n) is 9.53. The van der Waals surface area contributed by atoms with E-state index in [1.54, 1.807) is 5.56 Å². The van der Waals surface area contributed by atoms with Gasteiger partial charge in [0.25, 0.3) is 0 Å². The van der Waals surface area contributed by atoms with E-state index in [4.69, 9.17) is 12.2 Å². The summed E-state index contributed by atoms with van der Waals surface area (Å²) in [5.41, 5.74) is 2.71. The molecule has 0 spiro atoms. The molecule has 2 saturated carbocycles. The Labute approximate surface area is 148 Å². The van der Waals surface area contributed by atoms with Crippen molar-refractivity contribution in [3.63, 3.8) is 0 Å². The van der Waals surface area contributed by atoms with E-state index >= 15 is 0 Å². The predicted octanol–water partition coefficient (Wildman–Crippen LogP) is 6.72. The summed E-state index contributed by atoms with van der Waals surface area (Å²) in [5, 5.41) is 2.11. The van der Waals surface area contributed by atoms with Crippen molar-refractivity contribution in [3.05, 3.63) is 35.9 Å². The predicted molar refractivity (Wildman–Crippen MR) is 104 cm³/mol. The third-order valence-corrected chi connectivity index (χ3v) is 7.75. The molecule has 23 heavy (non-hydrogen) atoms. The van der Waals surface area contributed by atoms with Gasteiger partial charge in [0.1, 0.15) is 0 Å². The summed E-state index contributed by atoms with van der Waals surface area (Å²) in [7, 11) is 0. The molecule has 2 aliphatic rings. The maximum Gasteiger partial charge on any atom is -0.00306 e. The van der Waals surface area contributed by atoms with Gasteiger partial charge in [0, 0.05) is 0 Å². The Hall–Kier alpha value is -0.690. The van der Waals surface area contributed by atoms with E-state index < -0.39 is 0 Å². The van der Waals surface area contributed by atoms with E-state index in [1.807, 2.05) is 0 Å². The van der Waals surface area contributed by atoms with Crippen LogP contribution in [-0.4, -0.2) is 5.37 Å². The Bertz CT molecular complexity index is 550. The third-order valence-electron chi connectivity index (χ3n) is 7.18. The van der Waals surface area contributed by atoms with E-state index in [2.05, 4.69) is 56.5 Å². The van der Waals surface area contributed by atoms with Crippen molar-refractivity contribution in [2.45, 2.75) is 77.6 Å². The fraction of sp³-hybridized carbons (Fsp3) is 0.682. The number of benzene rings is 1. The van der Waals surface area contributed by atoms with Crippen LogP contribution in [0.4, 0.5) is 0 Å². The molecule has 2 bridgehead atoms. The average Bonchev–Trinajstić information content (AvgIpc) is 2.58. The number of rotatable bonds is 5. The summed E-state index contributed by atoms with van der Waals surface area (Å²) < 4.78 is 0. The van der Waals surface area contributed by atoms with Gasteiger partial charge in [-0.15, -0.1) is 0 Å². The van der Waals surface area contributed by atoms with Crippen molar-refractivity contribution >= 4 is 17.6 Å². The monoisotopic (exact) mass is 328 g/mol. The molecule has 1 aromatic carbocycles. The highest BCUT2D eigenvalue weighted by Crippen LogP contribution is 2.63. The molecule has 4 atom stereocenters. The topological polar surface area (TPSA) is 0 Å². The molecule has 1 heteroatoms. The molecular weight excluding hydrogens is 296 g/mol. The molecule has 126 valence electrons. The number of thiocarbonyl (C=S) groups is 1. The summed E-state index contributed by atoms with van der Waals surface area (Å²) in [6.07, 6.45) is 10.7. The van der Waals surface area contributed by atoms with Crippen molar-refractivity contribution in [2.24, 2.45) is 16.7 Å². The van der Waals surface area contributed by atoms with Gasteiger partial charge in [0.15, 0.2) is 0 Å². The molecule has 0 nitrogen and oxygen atoms in total. The molecule has 4 unspecified atom stereocenters. The molecule has 0 amide bonds. The van der Waals surface area contributed by atoms with Crippen LogP contribution >= 0.6 is 12.2 Å². The third kappa shape index (κ3) is 2.90. The average molecular weight is 329 g/mol. The maximum atomic E-state index is 5.51. The first kappa shape index (κ1) is 17.1. The van der Waals surface area contributed by atoms with Crippen LogP contribution in [0.2, 0.25) is 0 Å². The van der Waals surface area contributed by atoms with Crippen LogP contribution in [0.5, 0.6) is 0 Å². The number of hydrogen-bond acceptors (Lipinski definition) is 1. The number of hydrogen-bond donors (Lipinski definition) is 0. The second-order valence-electron chi connectivity index (χ2n) is 8.67. The van der Waals surface area contributed by atoms with Crippen LogP contribution in [0, 0.1) is 16.7 Å². The standard InChI is InChI=1S/C22H32S/c1-4-11-21(5-2)12-13-22(18-9-7-6-8-10-18)15-19(21)14-20(3,16-22)17-23/h6-10,17,19H,4-5,11-16H2,1-3H3. The molecule has 0 aromatic heterocycles. The summed E-state index contributed by atoms with van der Waals surface area (Å²) in [6.45, 7) is 7.20. The van der Waals surface area contributed by atoms with Crippen molar-refractivity contribution in [1.82, 2.24) is 0 Å². The van der Waals surface area contributed by atoms with Crippen LogP contribution in [0.15, 0.2) is 30.3 Å². The van der Waals surface area contributed by atoms with Crippen LogP contribution in [0.1, 0.15) is 77.7 Å². The first-order valence-corrected chi connectivity index (χ1v) is 10.0. The maximum absolute atomic E-state index is 5.51. The van der Waals surface area contributed by atoms with Gasteiger partial charge in [-0.1, -0.05) is 76.2 Å². The Morgan fingerprint density at radius 1 is 1.13 bits per heavy atom. The van der Waals surface area contributed by atoms with Crippen LogP contribution in [-0.2, 0) is 5.41 Å². The molecule has 0 aliphatic heterocycles. The lowest BCUT2D eigenvalue weighted by Gasteiger charge is -2.59. The van der Waals surface area contributed by atoms with E-state index in [-0.39, 0.29) is 5.41 Å². The highest BCUT2D eigenvalue weighted by atomic mass is 32.1. The SMILES string of the molecule is CCCC1(CC)CCC2(c3ccccc3)CC1CC(C)(C=S)C2. The fourth-order valence-corrected chi connectivity index (χ4v) is 6.23. The molecule has 0 radical (unpaired) electrons. The van der Waals surface area contributed by atoms with E-state index in [0.717, 1.165) is 5.92 Å². The molecular formula is C22H32S. The fourth-order valence-electron chi connectivity index (χ4n) is 6.05. The molecule has 0 saturated heterocycles. The zero-order valence-corrected chi connectivity index (χ0v) is 15.9. The smallest absolute Gasteiger partial charge is 0.00306 e. The largest absolute Gasteiger partial charge is 0.0929 e. The minimum absolute atomic E-state index is 0.225. The van der Waals surface area contributed by atoms with E-state index in [0.29, 0.717) is 10.8 Å². The van der Waals surface area contributed by atoms with Crippen molar-refractivity contribution < 1.29 is 0 Å². The lowest BCUT2D eigenvalue weighted by atomic mass is 9.45. The number of fused-ring (bicyclic) bond motifs is 2. The van der Waals surface area contributed by atoms with Crippen molar-refractivity contribution in [1.29, 1.82) is 0 Å². The molecule has 0 heterocycles. The minimum atomic E-state index is 0.225. The lowest BCUT2D eigenvalue weighted by Crippen LogP contribution is -2.52. The zero-order valence-electron chi connectivity index (χ0n) is 15.1. The molecule has 2 fully saturated rings. The van der Waals surface area contributed by atoms with Crippen LogP contribution < -0.4 is 0 Å². The quantitative estimate of drug-likeness (QED) is 0.540. The van der Waals surface area contributed by atoms with Crippen LogP contribution in [0.3, 0.4) is 0 Å². The lowest BCUT2D eigenvalue weighted by molar-refractivity contribution is -0.0337. The van der Waals surface area contributed by atoms with Crippen molar-refractivity contribution in [3.8, 4) is 0 Å². The van der Waals surface area contributed by atoms with Gasteiger partial charge in [-0.3, -0.25) is 0 Å². The summed E-state index contributed by atoms with van der Waals surface area (Å²) in [5.74, 6) is 0.833. The molecule has 2 aliphatic carbocycles. The van der Waals surface area contributed by atoms with E-state index in [1.165, 1.54) is 51.4 Å². The van der Waals surface area contributed by atoms with Gasteiger partial charge < -0.3 is 0 Å². The zero-order chi connectivity index (χ0) is 16.6. The summed E-state index contributed by atoms with van der Waals surface area (Å²) in [6, 6.07) is 11.3. The molecule has 1 aromatic rings. The summed E-state index contributed by atoms with van der Waals surface area (Å²) >= 11 is 5.51.